The molecule has 2 aromatic rings. The Kier molecular flexibility index (Phi) is 5.36. The highest BCUT2D eigenvalue weighted by Crippen LogP contribution is 2.29. The molecule has 1 aliphatic heterocycles. The van der Waals surface area contributed by atoms with Crippen LogP contribution in [-0.4, -0.2) is 46.7 Å². The highest BCUT2D eigenvalue weighted by molar-refractivity contribution is 5.96. The molecule has 0 unspecified atom stereocenters. The molecule has 1 aromatic carbocycles. The third-order valence-electron chi connectivity index (χ3n) is 6.10. The normalized spacial score (nSPS) is 22.1. The SMILES string of the molecule is COc1cccc(Cc2cc3c(nc2C)CCN([C@H]2CCCC[C@@H]2O)C3=O)c1. The second-order valence-electron chi connectivity index (χ2n) is 7.92. The van der Waals surface area contributed by atoms with Crippen LogP contribution in [0.2, 0.25) is 0 Å². The van der Waals surface area contributed by atoms with Crippen molar-refractivity contribution in [3.63, 3.8) is 0 Å². The van der Waals surface area contributed by atoms with Crippen molar-refractivity contribution in [1.82, 2.24) is 9.88 Å². The molecule has 0 bridgehead atoms. The van der Waals surface area contributed by atoms with Crippen LogP contribution in [0.5, 0.6) is 5.75 Å². The molecular formula is C23H28N2O3. The van der Waals surface area contributed by atoms with Gasteiger partial charge in [0.1, 0.15) is 5.75 Å². The van der Waals surface area contributed by atoms with Gasteiger partial charge < -0.3 is 14.7 Å². The maximum atomic E-state index is 13.2. The summed E-state index contributed by atoms with van der Waals surface area (Å²) in [4.78, 5) is 19.9. The lowest BCUT2D eigenvalue weighted by molar-refractivity contribution is 0.0160. The van der Waals surface area contributed by atoms with Gasteiger partial charge in [0.15, 0.2) is 0 Å². The molecule has 2 heterocycles. The van der Waals surface area contributed by atoms with Crippen molar-refractivity contribution >= 4 is 5.91 Å². The first-order chi connectivity index (χ1) is 13.6. The lowest BCUT2D eigenvalue weighted by atomic mass is 9.89. The lowest BCUT2D eigenvalue weighted by Crippen LogP contribution is -2.51. The number of methoxy groups -OCH3 is 1. The van der Waals surface area contributed by atoms with Gasteiger partial charge in [-0.2, -0.15) is 0 Å². The van der Waals surface area contributed by atoms with E-state index in [4.69, 9.17) is 9.72 Å². The van der Waals surface area contributed by atoms with Gasteiger partial charge in [0.2, 0.25) is 0 Å². The van der Waals surface area contributed by atoms with Crippen LogP contribution in [0.25, 0.3) is 0 Å². The Morgan fingerprint density at radius 3 is 2.86 bits per heavy atom. The number of hydrogen-bond donors (Lipinski definition) is 1. The third-order valence-corrected chi connectivity index (χ3v) is 6.10. The Balaban J connectivity index is 1.61. The first-order valence-electron chi connectivity index (χ1n) is 10.2. The van der Waals surface area contributed by atoms with Crippen LogP contribution in [0.4, 0.5) is 0 Å². The summed E-state index contributed by atoms with van der Waals surface area (Å²) in [5.41, 5.74) is 4.75. The van der Waals surface area contributed by atoms with Crippen LogP contribution in [0.3, 0.4) is 0 Å². The number of nitrogens with zero attached hydrogens (tertiary/aromatic N) is 2. The lowest BCUT2D eigenvalue weighted by Gasteiger charge is -2.40. The highest BCUT2D eigenvalue weighted by Gasteiger charge is 2.35. The molecule has 1 N–H and O–H groups in total. The van der Waals surface area contributed by atoms with Crippen molar-refractivity contribution < 1.29 is 14.6 Å². The molecule has 0 spiro atoms. The number of aromatic nitrogens is 1. The molecule has 1 saturated carbocycles. The summed E-state index contributed by atoms with van der Waals surface area (Å²) in [5, 5.41) is 10.4. The van der Waals surface area contributed by atoms with Gasteiger partial charge in [0.05, 0.1) is 30.5 Å². The summed E-state index contributed by atoms with van der Waals surface area (Å²) >= 11 is 0. The minimum atomic E-state index is -0.408. The number of rotatable bonds is 4. The molecule has 1 aromatic heterocycles. The van der Waals surface area contributed by atoms with Crippen molar-refractivity contribution in [2.75, 3.05) is 13.7 Å². The Morgan fingerprint density at radius 1 is 1.25 bits per heavy atom. The van der Waals surface area contributed by atoms with Crippen molar-refractivity contribution in [1.29, 1.82) is 0 Å². The van der Waals surface area contributed by atoms with E-state index in [1.54, 1.807) is 7.11 Å². The zero-order valence-electron chi connectivity index (χ0n) is 16.6. The third kappa shape index (κ3) is 3.63. The van der Waals surface area contributed by atoms with E-state index in [2.05, 4.69) is 6.07 Å². The minimum Gasteiger partial charge on any atom is -0.497 e. The Bertz CT molecular complexity index is 880. The van der Waals surface area contributed by atoms with E-state index >= 15 is 0 Å². The number of carbonyl (C=O) groups is 1. The zero-order valence-corrected chi connectivity index (χ0v) is 16.6. The van der Waals surface area contributed by atoms with Gasteiger partial charge in [-0.25, -0.2) is 0 Å². The second-order valence-corrected chi connectivity index (χ2v) is 7.92. The number of hydrogen-bond acceptors (Lipinski definition) is 4. The number of benzene rings is 1. The van der Waals surface area contributed by atoms with Crippen LogP contribution in [0.1, 0.15) is 58.6 Å². The molecule has 2 aliphatic rings. The maximum absolute atomic E-state index is 13.2. The number of amides is 1. The van der Waals surface area contributed by atoms with Crippen molar-refractivity contribution in [2.45, 2.75) is 57.6 Å². The van der Waals surface area contributed by atoms with Crippen LogP contribution < -0.4 is 4.74 Å². The molecule has 5 heteroatoms. The minimum absolute atomic E-state index is 0.0200. The first-order valence-corrected chi connectivity index (χ1v) is 10.2. The van der Waals surface area contributed by atoms with Gasteiger partial charge >= 0.3 is 0 Å². The molecule has 2 atom stereocenters. The monoisotopic (exact) mass is 380 g/mol. The van der Waals surface area contributed by atoms with E-state index in [0.717, 1.165) is 60.4 Å². The van der Waals surface area contributed by atoms with Gasteiger partial charge in [-0.05, 0) is 55.5 Å². The van der Waals surface area contributed by atoms with Crippen LogP contribution in [-0.2, 0) is 12.8 Å². The van der Waals surface area contributed by atoms with Crippen molar-refractivity contribution in [3.05, 3.63) is 58.4 Å². The number of ether oxygens (including phenoxy) is 1. The Hall–Kier alpha value is -2.40. The van der Waals surface area contributed by atoms with Crippen LogP contribution in [0.15, 0.2) is 30.3 Å². The summed E-state index contributed by atoms with van der Waals surface area (Å²) < 4.78 is 5.32. The van der Waals surface area contributed by atoms with E-state index in [9.17, 15) is 9.90 Å². The number of aryl methyl sites for hydroxylation is 1. The Morgan fingerprint density at radius 2 is 2.07 bits per heavy atom. The van der Waals surface area contributed by atoms with Gasteiger partial charge in [-0.1, -0.05) is 25.0 Å². The highest BCUT2D eigenvalue weighted by atomic mass is 16.5. The molecule has 0 radical (unpaired) electrons. The van der Waals surface area contributed by atoms with Gasteiger partial charge in [0.25, 0.3) is 5.91 Å². The summed E-state index contributed by atoms with van der Waals surface area (Å²) in [7, 11) is 1.66. The van der Waals surface area contributed by atoms with E-state index in [1.807, 2.05) is 36.1 Å². The number of aliphatic hydroxyl groups excluding tert-OH is 1. The molecule has 1 amide bonds. The van der Waals surface area contributed by atoms with Gasteiger partial charge in [-0.3, -0.25) is 9.78 Å². The largest absolute Gasteiger partial charge is 0.497 e. The predicted octanol–water partition coefficient (Wildman–Crippen LogP) is 3.29. The zero-order chi connectivity index (χ0) is 19.7. The smallest absolute Gasteiger partial charge is 0.256 e. The number of carbonyl (C=O) groups excluding carboxylic acids is 1. The number of fused-ring (bicyclic) bond motifs is 1. The van der Waals surface area contributed by atoms with Crippen LogP contribution in [0, 0.1) is 6.92 Å². The molecular weight excluding hydrogens is 352 g/mol. The maximum Gasteiger partial charge on any atom is 0.256 e. The summed E-state index contributed by atoms with van der Waals surface area (Å²) in [5.74, 6) is 0.848. The van der Waals surface area contributed by atoms with Crippen molar-refractivity contribution in [3.8, 4) is 5.75 Å². The van der Waals surface area contributed by atoms with Gasteiger partial charge in [0, 0.05) is 18.7 Å². The fourth-order valence-corrected chi connectivity index (χ4v) is 4.51. The van der Waals surface area contributed by atoms with E-state index in [1.165, 1.54) is 0 Å². The molecule has 4 rings (SSSR count). The fourth-order valence-electron chi connectivity index (χ4n) is 4.51. The van der Waals surface area contributed by atoms with E-state index in [0.29, 0.717) is 18.5 Å². The average Bonchev–Trinajstić information content (AvgIpc) is 2.70. The Labute approximate surface area is 166 Å². The molecule has 0 saturated heterocycles. The first kappa shape index (κ1) is 18.9. The molecule has 5 nitrogen and oxygen atoms in total. The number of pyridine rings is 1. The summed E-state index contributed by atoms with van der Waals surface area (Å²) in [6, 6.07) is 9.95. The molecule has 1 fully saturated rings. The molecule has 148 valence electrons. The summed E-state index contributed by atoms with van der Waals surface area (Å²) in [6.45, 7) is 2.66. The summed E-state index contributed by atoms with van der Waals surface area (Å²) in [6.07, 6.45) is 4.85. The fraction of sp³-hybridized carbons (Fsp3) is 0.478. The quantitative estimate of drug-likeness (QED) is 0.884. The standard InChI is InChI=1S/C23H28N2O3/c1-15-17(12-16-6-5-7-18(13-16)28-2)14-19-20(24-15)10-11-25(23(19)27)21-8-3-4-9-22(21)26/h5-7,13-14,21-22,26H,3-4,8-12H2,1-2H3/t21-,22-/m0/s1. The number of aliphatic hydroxyl groups is 1. The predicted molar refractivity (Wildman–Crippen MR) is 108 cm³/mol. The van der Waals surface area contributed by atoms with E-state index < -0.39 is 6.10 Å². The van der Waals surface area contributed by atoms with Gasteiger partial charge in [-0.15, -0.1) is 0 Å². The average molecular weight is 380 g/mol. The molecule has 1 aliphatic carbocycles. The van der Waals surface area contributed by atoms with Crippen LogP contribution >= 0.6 is 0 Å². The second kappa shape index (κ2) is 7.92. The topological polar surface area (TPSA) is 62.7 Å². The van der Waals surface area contributed by atoms with Crippen molar-refractivity contribution in [2.24, 2.45) is 0 Å². The molecule has 28 heavy (non-hydrogen) atoms. The van der Waals surface area contributed by atoms with E-state index in [-0.39, 0.29) is 11.9 Å².